The number of amides is 2. The van der Waals surface area contributed by atoms with Crippen LogP contribution in [0.2, 0.25) is 0 Å². The third-order valence-electron chi connectivity index (χ3n) is 5.83. The van der Waals surface area contributed by atoms with Crippen LogP contribution in [0, 0.1) is 0 Å². The van der Waals surface area contributed by atoms with Gasteiger partial charge in [-0.25, -0.2) is 9.59 Å². The fourth-order valence-electron chi connectivity index (χ4n) is 4.14. The van der Waals surface area contributed by atoms with E-state index in [2.05, 4.69) is 5.32 Å². The summed E-state index contributed by atoms with van der Waals surface area (Å²) in [6.45, 7) is 0.169. The minimum absolute atomic E-state index is 0.0170. The molecule has 184 valence electrons. The number of rotatable bonds is 10. The van der Waals surface area contributed by atoms with Crippen LogP contribution in [0.15, 0.2) is 84.9 Å². The van der Waals surface area contributed by atoms with Crippen molar-refractivity contribution in [3.63, 3.8) is 0 Å². The Balaban J connectivity index is 1.48. The van der Waals surface area contributed by atoms with Gasteiger partial charge in [-0.2, -0.15) is 4.58 Å². The van der Waals surface area contributed by atoms with Gasteiger partial charge in [0.2, 0.25) is 12.2 Å². The summed E-state index contributed by atoms with van der Waals surface area (Å²) < 4.78 is 12.6. The fraction of sp³-hybridized carbons (Fsp3) is 0.214. The van der Waals surface area contributed by atoms with Crippen LogP contribution in [0.5, 0.6) is 0 Å². The van der Waals surface area contributed by atoms with Crippen LogP contribution in [-0.4, -0.2) is 41.3 Å². The topological polar surface area (TPSA) is 111 Å². The maximum absolute atomic E-state index is 13.1. The first-order chi connectivity index (χ1) is 17.5. The highest BCUT2D eigenvalue weighted by Gasteiger charge is 2.36. The lowest BCUT2D eigenvalue weighted by Gasteiger charge is -2.19. The molecule has 0 saturated carbocycles. The van der Waals surface area contributed by atoms with Gasteiger partial charge in [-0.3, -0.25) is 4.79 Å². The largest absolute Gasteiger partial charge is 0.459 e. The summed E-state index contributed by atoms with van der Waals surface area (Å²) in [6, 6.07) is 25.2. The minimum atomic E-state index is -0.972. The molecule has 0 aliphatic carbocycles. The summed E-state index contributed by atoms with van der Waals surface area (Å²) in [5.74, 6) is -1.29. The molecule has 1 aliphatic heterocycles. The van der Waals surface area contributed by atoms with Crippen LogP contribution < -0.4 is 11.1 Å². The van der Waals surface area contributed by atoms with E-state index in [1.165, 1.54) is 0 Å². The van der Waals surface area contributed by atoms with Gasteiger partial charge >= 0.3 is 12.1 Å². The highest BCUT2D eigenvalue weighted by molar-refractivity contribution is 5.83. The first-order valence-electron chi connectivity index (χ1n) is 11.7. The number of alkyl carbamates (subject to hydrolysis) is 1. The number of nitrogens with zero attached hydrogens (tertiary/aromatic N) is 1. The maximum atomic E-state index is 13.1. The molecule has 8 nitrogen and oxygen atoms in total. The van der Waals surface area contributed by atoms with E-state index in [-0.39, 0.29) is 32.1 Å². The van der Waals surface area contributed by atoms with E-state index in [4.69, 9.17) is 15.2 Å². The van der Waals surface area contributed by atoms with Gasteiger partial charge in [0.15, 0.2) is 6.21 Å². The molecule has 2 amide bonds. The number of nitrogens with two attached hydrogens (primary N) is 1. The van der Waals surface area contributed by atoms with Crippen LogP contribution in [0.1, 0.15) is 29.0 Å². The molecule has 1 heterocycles. The molecule has 3 N–H and O–H groups in total. The normalized spacial score (nSPS) is 14.8. The van der Waals surface area contributed by atoms with Crippen LogP contribution in [-0.2, 0) is 32.3 Å². The lowest BCUT2D eigenvalue weighted by molar-refractivity contribution is -0.420. The summed E-state index contributed by atoms with van der Waals surface area (Å²) in [5.41, 5.74) is 8.85. The Morgan fingerprint density at radius 2 is 1.42 bits per heavy atom. The molecule has 3 aromatic rings. The molecule has 3 aromatic carbocycles. The maximum Gasteiger partial charge on any atom is 0.408 e. The molecule has 0 aromatic heterocycles. The van der Waals surface area contributed by atoms with E-state index in [0.29, 0.717) is 0 Å². The Morgan fingerprint density at radius 1 is 0.833 bits per heavy atom. The monoisotopic (exact) mass is 486 g/mol. The molecule has 1 aliphatic rings. The standard InChI is InChI=1S/C28H27N3O5/c29-26(32)17-31-16-22(23-13-7-8-14-25(23)31)15-24(27(33)35-18-20-9-3-1-4-10-20)30-28(34)36-19-21-11-5-2-6-12-21/h1-14,16,22,24H,15,17-19H2,(H2-,29,30,32,34)/p+1/t22?,24-/m0/s1. The van der Waals surface area contributed by atoms with Gasteiger partial charge in [0, 0.05) is 11.6 Å². The van der Waals surface area contributed by atoms with E-state index in [1.54, 1.807) is 4.58 Å². The van der Waals surface area contributed by atoms with Gasteiger partial charge in [-0.1, -0.05) is 78.9 Å². The Kier molecular flexibility index (Phi) is 8.08. The third-order valence-corrected chi connectivity index (χ3v) is 5.83. The number of ether oxygens (including phenoxy) is 2. The van der Waals surface area contributed by atoms with Crippen molar-refractivity contribution in [2.75, 3.05) is 6.54 Å². The Hall–Kier alpha value is -4.46. The highest BCUT2D eigenvalue weighted by Crippen LogP contribution is 2.34. The quantitative estimate of drug-likeness (QED) is 0.337. The number of hydrogen-bond acceptors (Lipinski definition) is 5. The van der Waals surface area contributed by atoms with E-state index in [1.807, 2.05) is 91.1 Å². The molecule has 2 atom stereocenters. The minimum Gasteiger partial charge on any atom is -0.459 e. The average molecular weight is 487 g/mol. The number of para-hydroxylation sites is 1. The number of primary amides is 1. The average Bonchev–Trinajstić information content (AvgIpc) is 3.23. The molecule has 4 rings (SSSR count). The molecule has 1 unspecified atom stereocenters. The van der Waals surface area contributed by atoms with Crippen molar-refractivity contribution in [1.29, 1.82) is 0 Å². The number of carbonyl (C=O) groups excluding carboxylic acids is 3. The van der Waals surface area contributed by atoms with Crippen molar-refractivity contribution in [2.24, 2.45) is 5.73 Å². The second kappa shape index (κ2) is 11.8. The van der Waals surface area contributed by atoms with E-state index in [0.717, 1.165) is 22.4 Å². The molecule has 0 spiro atoms. The zero-order valence-corrected chi connectivity index (χ0v) is 19.7. The number of carbonyl (C=O) groups is 3. The lowest BCUT2D eigenvalue weighted by Crippen LogP contribution is -2.43. The Labute approximate surface area is 209 Å². The lowest BCUT2D eigenvalue weighted by atomic mass is 9.94. The van der Waals surface area contributed by atoms with Crippen molar-refractivity contribution in [3.8, 4) is 0 Å². The van der Waals surface area contributed by atoms with Gasteiger partial charge in [-0.15, -0.1) is 0 Å². The first-order valence-corrected chi connectivity index (χ1v) is 11.7. The number of esters is 1. The Bertz CT molecular complexity index is 1240. The number of benzene rings is 3. The summed E-state index contributed by atoms with van der Waals surface area (Å²) in [4.78, 5) is 37.3. The number of hydrogen-bond donors (Lipinski definition) is 2. The SMILES string of the molecule is NC(=O)C[N+]1=CC(C[C@H](NC(=O)OCc2ccccc2)C(=O)OCc2ccccc2)c2ccccc21. The second-order valence-electron chi connectivity index (χ2n) is 8.50. The van der Waals surface area contributed by atoms with Gasteiger partial charge in [-0.05, 0) is 17.5 Å². The van der Waals surface area contributed by atoms with Crippen molar-refractivity contribution in [3.05, 3.63) is 102 Å². The van der Waals surface area contributed by atoms with Gasteiger partial charge < -0.3 is 20.5 Å². The van der Waals surface area contributed by atoms with Gasteiger partial charge in [0.05, 0.1) is 5.92 Å². The van der Waals surface area contributed by atoms with E-state index < -0.39 is 24.0 Å². The van der Waals surface area contributed by atoms with E-state index >= 15 is 0 Å². The van der Waals surface area contributed by atoms with Crippen LogP contribution in [0.25, 0.3) is 0 Å². The molecular formula is C28H28N3O5+. The smallest absolute Gasteiger partial charge is 0.408 e. The molecule has 0 bridgehead atoms. The third kappa shape index (κ3) is 6.56. The predicted octanol–water partition coefficient (Wildman–Crippen LogP) is 3.41. The summed E-state index contributed by atoms with van der Waals surface area (Å²) in [6.07, 6.45) is 1.35. The van der Waals surface area contributed by atoms with Crippen molar-refractivity contribution in [2.45, 2.75) is 31.6 Å². The molecule has 8 heteroatoms. The first kappa shape index (κ1) is 24.7. The van der Waals surface area contributed by atoms with Crippen molar-refractivity contribution < 1.29 is 28.4 Å². The van der Waals surface area contributed by atoms with Crippen LogP contribution >= 0.6 is 0 Å². The number of nitrogens with one attached hydrogen (secondary N) is 1. The summed E-state index contributed by atoms with van der Waals surface area (Å²) in [7, 11) is 0. The fourth-order valence-corrected chi connectivity index (χ4v) is 4.14. The van der Waals surface area contributed by atoms with E-state index in [9.17, 15) is 14.4 Å². The van der Waals surface area contributed by atoms with Gasteiger partial charge in [0.25, 0.3) is 5.91 Å². The molecular weight excluding hydrogens is 458 g/mol. The molecule has 0 fully saturated rings. The predicted molar refractivity (Wildman–Crippen MR) is 134 cm³/mol. The molecule has 36 heavy (non-hydrogen) atoms. The zero-order chi connectivity index (χ0) is 25.3. The molecule has 0 saturated heterocycles. The van der Waals surface area contributed by atoms with Crippen molar-refractivity contribution >= 4 is 29.9 Å². The van der Waals surface area contributed by atoms with Crippen molar-refractivity contribution in [1.82, 2.24) is 5.32 Å². The Morgan fingerprint density at radius 3 is 2.06 bits per heavy atom. The molecule has 0 radical (unpaired) electrons. The second-order valence-corrected chi connectivity index (χ2v) is 8.50. The summed E-state index contributed by atoms with van der Waals surface area (Å²) in [5, 5.41) is 2.67. The number of fused-ring (bicyclic) bond motifs is 1. The summed E-state index contributed by atoms with van der Waals surface area (Å²) >= 11 is 0. The highest BCUT2D eigenvalue weighted by atomic mass is 16.6. The zero-order valence-electron chi connectivity index (χ0n) is 19.7. The van der Waals surface area contributed by atoms with Crippen LogP contribution in [0.4, 0.5) is 10.5 Å². The van der Waals surface area contributed by atoms with Crippen LogP contribution in [0.3, 0.4) is 0 Å². The van der Waals surface area contributed by atoms with Gasteiger partial charge in [0.1, 0.15) is 19.3 Å².